The molecule has 8 nitrogen and oxygen atoms in total. The van der Waals surface area contributed by atoms with Crippen molar-refractivity contribution >= 4 is 33.3 Å². The number of carbonyl (C=O) groups excluding carboxylic acids is 2. The van der Waals surface area contributed by atoms with E-state index in [1.165, 1.54) is 24.6 Å². The number of carbonyl (C=O) groups is 2. The minimum Gasteiger partial charge on any atom is -0.497 e. The molecule has 0 heterocycles. The average Bonchev–Trinajstić information content (AvgIpc) is 2.69. The van der Waals surface area contributed by atoms with Crippen molar-refractivity contribution in [1.29, 1.82) is 0 Å². The summed E-state index contributed by atoms with van der Waals surface area (Å²) in [7, 11) is -0.739. The zero-order valence-corrected chi connectivity index (χ0v) is 17.4. The van der Waals surface area contributed by atoms with Crippen molar-refractivity contribution in [2.45, 2.75) is 12.8 Å². The Bertz CT molecular complexity index is 974. The fraction of sp³-hybridized carbons (Fsp3) is 0.300. The third-order valence-corrected chi connectivity index (χ3v) is 5.27. The average molecular weight is 420 g/mol. The number of nitrogens with zero attached hydrogens (tertiary/aromatic N) is 1. The van der Waals surface area contributed by atoms with E-state index < -0.39 is 16.0 Å². The maximum Gasteiger partial charge on any atom is 0.337 e. The van der Waals surface area contributed by atoms with E-state index >= 15 is 0 Å². The van der Waals surface area contributed by atoms with Gasteiger partial charge in [0.25, 0.3) is 0 Å². The molecule has 2 rings (SSSR count). The molecule has 0 aliphatic heterocycles. The zero-order valence-electron chi connectivity index (χ0n) is 16.5. The molecule has 1 amide bonds. The number of rotatable bonds is 9. The molecule has 2 aromatic carbocycles. The number of nitrogens with one attached hydrogen (secondary N) is 1. The molecule has 0 saturated heterocycles. The second-order valence-corrected chi connectivity index (χ2v) is 8.17. The number of methoxy groups -OCH3 is 2. The van der Waals surface area contributed by atoms with Crippen LogP contribution in [0.4, 0.5) is 11.4 Å². The van der Waals surface area contributed by atoms with Gasteiger partial charge in [0.05, 0.1) is 31.7 Å². The van der Waals surface area contributed by atoms with Crippen molar-refractivity contribution in [2.24, 2.45) is 0 Å². The molecule has 0 spiro atoms. The first kappa shape index (κ1) is 22.2. The Labute approximate surface area is 170 Å². The van der Waals surface area contributed by atoms with Crippen LogP contribution in [-0.4, -0.2) is 47.3 Å². The standard InChI is InChI=1S/C20H24N2O6S/c1-27-18-10-5-9-17(14-18)22(29(3,25)26)12-6-11-19(23)21-16-8-4-7-15(13-16)20(24)28-2/h4-5,7-10,13-14H,6,11-12H2,1-3H3,(H,21,23). The van der Waals surface area contributed by atoms with Gasteiger partial charge in [-0.05, 0) is 36.8 Å². The molecule has 0 bridgehead atoms. The molecule has 29 heavy (non-hydrogen) atoms. The molecule has 0 aromatic heterocycles. The first-order valence-corrected chi connectivity index (χ1v) is 10.7. The summed E-state index contributed by atoms with van der Waals surface area (Å²) in [6, 6.07) is 13.1. The first-order chi connectivity index (χ1) is 13.7. The molecule has 0 aliphatic carbocycles. The lowest BCUT2D eigenvalue weighted by Gasteiger charge is -2.22. The highest BCUT2D eigenvalue weighted by Gasteiger charge is 2.18. The Balaban J connectivity index is 1.99. The molecule has 0 aliphatic rings. The summed E-state index contributed by atoms with van der Waals surface area (Å²) in [5, 5.41) is 2.70. The van der Waals surface area contributed by atoms with Gasteiger partial charge in [-0.2, -0.15) is 0 Å². The van der Waals surface area contributed by atoms with Crippen LogP contribution in [0, 0.1) is 0 Å². The maximum atomic E-state index is 12.2. The van der Waals surface area contributed by atoms with Crippen molar-refractivity contribution in [1.82, 2.24) is 0 Å². The van der Waals surface area contributed by atoms with E-state index in [0.29, 0.717) is 29.1 Å². The van der Waals surface area contributed by atoms with E-state index in [2.05, 4.69) is 10.1 Å². The van der Waals surface area contributed by atoms with E-state index in [9.17, 15) is 18.0 Å². The van der Waals surface area contributed by atoms with Gasteiger partial charge in [-0.1, -0.05) is 12.1 Å². The van der Waals surface area contributed by atoms with E-state index in [0.717, 1.165) is 6.26 Å². The summed E-state index contributed by atoms with van der Waals surface area (Å²) in [5.74, 6) is -0.242. The molecular formula is C20H24N2O6S. The molecule has 0 saturated carbocycles. The number of hydrogen-bond acceptors (Lipinski definition) is 6. The lowest BCUT2D eigenvalue weighted by Crippen LogP contribution is -2.31. The lowest BCUT2D eigenvalue weighted by molar-refractivity contribution is -0.116. The summed E-state index contributed by atoms with van der Waals surface area (Å²) >= 11 is 0. The van der Waals surface area contributed by atoms with E-state index in [-0.39, 0.29) is 18.9 Å². The molecule has 2 aromatic rings. The van der Waals surface area contributed by atoms with Gasteiger partial charge < -0.3 is 14.8 Å². The van der Waals surface area contributed by atoms with Crippen LogP contribution in [0.1, 0.15) is 23.2 Å². The molecule has 0 radical (unpaired) electrons. The summed E-state index contributed by atoms with van der Waals surface area (Å²) in [6.45, 7) is 0.140. The van der Waals surface area contributed by atoms with Gasteiger partial charge in [0.1, 0.15) is 5.75 Å². The Hall–Kier alpha value is -3.07. The third-order valence-electron chi connectivity index (χ3n) is 4.07. The molecule has 0 atom stereocenters. The Kier molecular flexibility index (Phi) is 7.60. The van der Waals surface area contributed by atoms with Crippen LogP contribution in [0.5, 0.6) is 5.75 Å². The predicted molar refractivity (Wildman–Crippen MR) is 111 cm³/mol. The van der Waals surface area contributed by atoms with Gasteiger partial charge in [-0.15, -0.1) is 0 Å². The normalized spacial score (nSPS) is 10.9. The number of esters is 1. The monoisotopic (exact) mass is 420 g/mol. The van der Waals surface area contributed by atoms with E-state index in [1.54, 1.807) is 42.5 Å². The van der Waals surface area contributed by atoms with Crippen molar-refractivity contribution in [3.05, 3.63) is 54.1 Å². The third kappa shape index (κ3) is 6.49. The fourth-order valence-electron chi connectivity index (χ4n) is 2.70. The summed E-state index contributed by atoms with van der Waals surface area (Å²) in [6.07, 6.45) is 1.54. The minimum atomic E-state index is -3.52. The number of anilines is 2. The molecule has 1 N–H and O–H groups in total. The van der Waals surface area contributed by atoms with Gasteiger partial charge >= 0.3 is 5.97 Å². The van der Waals surface area contributed by atoms with Gasteiger partial charge in [-0.25, -0.2) is 13.2 Å². The minimum absolute atomic E-state index is 0.110. The quantitative estimate of drug-likeness (QED) is 0.626. The molecule has 0 unspecified atom stereocenters. The van der Waals surface area contributed by atoms with Crippen LogP contribution in [-0.2, 0) is 19.6 Å². The van der Waals surface area contributed by atoms with E-state index in [4.69, 9.17) is 4.74 Å². The highest BCUT2D eigenvalue weighted by Crippen LogP contribution is 2.23. The largest absolute Gasteiger partial charge is 0.497 e. The second kappa shape index (κ2) is 9.92. The van der Waals surface area contributed by atoms with Crippen molar-refractivity contribution in [3.63, 3.8) is 0 Å². The van der Waals surface area contributed by atoms with Crippen LogP contribution in [0.15, 0.2) is 48.5 Å². The Morgan fingerprint density at radius 1 is 1.07 bits per heavy atom. The second-order valence-electron chi connectivity index (χ2n) is 6.26. The number of sulfonamides is 1. The van der Waals surface area contributed by atoms with Crippen molar-refractivity contribution < 1.29 is 27.5 Å². The number of benzene rings is 2. The van der Waals surface area contributed by atoms with Gasteiger partial charge in [0, 0.05) is 24.7 Å². The number of ether oxygens (including phenoxy) is 2. The topological polar surface area (TPSA) is 102 Å². The maximum absolute atomic E-state index is 12.2. The fourth-order valence-corrected chi connectivity index (χ4v) is 3.66. The highest BCUT2D eigenvalue weighted by molar-refractivity contribution is 7.92. The highest BCUT2D eigenvalue weighted by atomic mass is 32.2. The number of hydrogen-bond donors (Lipinski definition) is 1. The van der Waals surface area contributed by atoms with Crippen molar-refractivity contribution in [2.75, 3.05) is 36.6 Å². The molecule has 156 valence electrons. The molecule has 9 heteroatoms. The van der Waals surface area contributed by atoms with E-state index in [1.807, 2.05) is 0 Å². The van der Waals surface area contributed by atoms with Crippen LogP contribution in [0.2, 0.25) is 0 Å². The number of amides is 1. The first-order valence-electron chi connectivity index (χ1n) is 8.84. The van der Waals surface area contributed by atoms with Gasteiger partial charge in [0.15, 0.2) is 0 Å². The van der Waals surface area contributed by atoms with Crippen LogP contribution < -0.4 is 14.4 Å². The molecular weight excluding hydrogens is 396 g/mol. The van der Waals surface area contributed by atoms with Crippen LogP contribution in [0.3, 0.4) is 0 Å². The molecule has 0 fully saturated rings. The van der Waals surface area contributed by atoms with Gasteiger partial charge in [0.2, 0.25) is 15.9 Å². The lowest BCUT2D eigenvalue weighted by atomic mass is 10.2. The van der Waals surface area contributed by atoms with Crippen LogP contribution in [0.25, 0.3) is 0 Å². The smallest absolute Gasteiger partial charge is 0.337 e. The van der Waals surface area contributed by atoms with Crippen LogP contribution >= 0.6 is 0 Å². The Morgan fingerprint density at radius 3 is 2.45 bits per heavy atom. The van der Waals surface area contributed by atoms with Crippen molar-refractivity contribution in [3.8, 4) is 5.75 Å². The summed E-state index contributed by atoms with van der Waals surface area (Å²) < 4.78 is 35.4. The SMILES string of the molecule is COC(=O)c1cccc(NC(=O)CCCN(c2cccc(OC)c2)S(C)(=O)=O)c1. The van der Waals surface area contributed by atoms with Gasteiger partial charge in [-0.3, -0.25) is 9.10 Å². The zero-order chi connectivity index (χ0) is 21.4. The summed E-state index contributed by atoms with van der Waals surface area (Å²) in [4.78, 5) is 23.8. The summed E-state index contributed by atoms with van der Waals surface area (Å²) in [5.41, 5.74) is 1.26. The predicted octanol–water partition coefficient (Wildman–Crippen LogP) is 2.67. The Morgan fingerprint density at radius 2 is 1.79 bits per heavy atom.